The van der Waals surface area contributed by atoms with E-state index in [1.807, 2.05) is 0 Å². The molecule has 0 fully saturated rings. The number of hydrogen-bond acceptors (Lipinski definition) is 3. The van der Waals surface area contributed by atoms with Crippen molar-refractivity contribution in [3.63, 3.8) is 0 Å². The molecule has 0 aromatic heterocycles. The molecule has 0 radical (unpaired) electrons. The molecule has 0 bridgehead atoms. The largest absolute Gasteiger partial charge is 0.558 e. The number of hydrogen-bond donors (Lipinski definition) is 0. The number of Topliss-reactive ketones (excluding diaryl/α,β-unsaturated/α-hetero) is 1. The topological polar surface area (TPSA) is 35.5 Å². The molecule has 0 N–H and O–H groups in total. The normalized spacial score (nSPS) is 10.0. The van der Waals surface area contributed by atoms with E-state index in [0.29, 0.717) is 34.7 Å². The molecule has 0 aliphatic heterocycles. The summed E-state index contributed by atoms with van der Waals surface area (Å²) in [5.74, 6) is 0.781. The molecule has 3 nitrogen and oxygen atoms in total. The molecule has 0 saturated carbocycles. The van der Waals surface area contributed by atoms with E-state index < -0.39 is 0 Å². The summed E-state index contributed by atoms with van der Waals surface area (Å²) in [4.78, 5) is 11.9. The number of carbonyl (C=O) groups is 1. The van der Waals surface area contributed by atoms with Gasteiger partial charge in [-0.1, -0.05) is 11.6 Å². The van der Waals surface area contributed by atoms with Crippen LogP contribution in [-0.4, -0.2) is 26.2 Å². The van der Waals surface area contributed by atoms with E-state index in [0.717, 1.165) is 0 Å². The van der Waals surface area contributed by atoms with Crippen LogP contribution in [0.5, 0.6) is 11.5 Å². The van der Waals surface area contributed by atoms with Gasteiger partial charge in [-0.3, -0.25) is 4.79 Å². The number of halogens is 1. The Labute approximate surface area is 102 Å². The maximum Gasteiger partial charge on any atom is 0.168 e. The summed E-state index contributed by atoms with van der Waals surface area (Å²) in [6.07, 6.45) is 0.946. The van der Waals surface area contributed by atoms with E-state index in [-0.39, 0.29) is 5.78 Å². The molecule has 1 aromatic rings. The molecule has 88 valence electrons. The van der Waals surface area contributed by atoms with Gasteiger partial charge in [0.15, 0.2) is 11.5 Å². The fraction of sp³-hybridized carbons (Fsp3) is 0.364. The molecule has 1 aromatic carbocycles. The summed E-state index contributed by atoms with van der Waals surface area (Å²) < 4.78 is 10.3. The minimum Gasteiger partial charge on any atom is -0.558 e. The van der Waals surface area contributed by atoms with Crippen molar-refractivity contribution < 1.29 is 14.3 Å². The monoisotopic (exact) mass is 259 g/mol. The molecular formula is C11H13ClO3P-. The van der Waals surface area contributed by atoms with Crippen molar-refractivity contribution in [1.82, 2.24) is 0 Å². The van der Waals surface area contributed by atoms with Crippen molar-refractivity contribution in [2.24, 2.45) is 0 Å². The summed E-state index contributed by atoms with van der Waals surface area (Å²) in [5.41, 5.74) is 0.399. The van der Waals surface area contributed by atoms with Crippen LogP contribution in [-0.2, 0) is 0 Å². The van der Waals surface area contributed by atoms with Gasteiger partial charge < -0.3 is 18.7 Å². The molecule has 0 unspecified atom stereocenters. The Bertz CT molecular complexity index is 393. The standard InChI is InChI=1S/C11H13ClO3P/c1-14-9-4-3-7(12)11(15-2)10(9)8(13)5-6-16/h3-4,16H,5-6H2,1-2H3/q-1. The van der Waals surface area contributed by atoms with E-state index in [2.05, 4.69) is 9.24 Å². The zero-order valence-electron chi connectivity index (χ0n) is 9.17. The summed E-state index contributed by atoms with van der Waals surface area (Å²) in [5, 5.41) is 0.403. The Kier molecular flexibility index (Phi) is 5.04. The lowest BCUT2D eigenvalue weighted by atomic mass is 10.1. The highest BCUT2D eigenvalue weighted by Crippen LogP contribution is 2.36. The number of benzene rings is 1. The molecule has 0 saturated heterocycles. The highest BCUT2D eigenvalue weighted by Gasteiger charge is 2.19. The van der Waals surface area contributed by atoms with Crippen LogP contribution in [0, 0.1) is 0 Å². The maximum atomic E-state index is 11.9. The van der Waals surface area contributed by atoms with Crippen LogP contribution in [0.25, 0.3) is 0 Å². The third kappa shape index (κ3) is 2.66. The van der Waals surface area contributed by atoms with E-state index in [9.17, 15) is 4.79 Å². The number of rotatable bonds is 5. The summed E-state index contributed by atoms with van der Waals surface area (Å²) in [7, 11) is 6.26. The fourth-order valence-electron chi connectivity index (χ4n) is 1.41. The number of ketones is 1. The zero-order chi connectivity index (χ0) is 12.1. The Morgan fingerprint density at radius 3 is 2.56 bits per heavy atom. The van der Waals surface area contributed by atoms with Crippen molar-refractivity contribution in [1.29, 1.82) is 0 Å². The average molecular weight is 260 g/mol. The van der Waals surface area contributed by atoms with Crippen LogP contribution in [0.15, 0.2) is 12.1 Å². The molecule has 0 atom stereocenters. The Balaban J connectivity index is 3.30. The predicted molar refractivity (Wildman–Crippen MR) is 66.7 cm³/mol. The molecule has 0 aliphatic carbocycles. The molecule has 0 heterocycles. The van der Waals surface area contributed by atoms with Crippen molar-refractivity contribution in [2.45, 2.75) is 6.42 Å². The minimum absolute atomic E-state index is 0.0637. The average Bonchev–Trinajstić information content (AvgIpc) is 2.28. The second-order valence-corrected chi connectivity index (χ2v) is 3.99. The number of carbonyl (C=O) groups excluding carboxylic acids is 1. The van der Waals surface area contributed by atoms with Crippen molar-refractivity contribution in [2.75, 3.05) is 20.4 Å². The van der Waals surface area contributed by atoms with Gasteiger partial charge >= 0.3 is 0 Å². The Morgan fingerprint density at radius 1 is 1.38 bits per heavy atom. The van der Waals surface area contributed by atoms with E-state index in [1.54, 1.807) is 12.1 Å². The molecule has 1 rings (SSSR count). The van der Waals surface area contributed by atoms with Gasteiger partial charge in [-0.05, 0) is 18.6 Å². The molecule has 0 aliphatic rings. The Hall–Kier alpha value is -0.790. The number of ether oxygens (including phenoxy) is 2. The highest BCUT2D eigenvalue weighted by atomic mass is 35.5. The van der Waals surface area contributed by atoms with Crippen molar-refractivity contribution >= 4 is 26.6 Å². The van der Waals surface area contributed by atoms with Crippen LogP contribution in [0.1, 0.15) is 16.8 Å². The van der Waals surface area contributed by atoms with Gasteiger partial charge in [0.05, 0.1) is 19.2 Å². The first-order valence-corrected chi connectivity index (χ1v) is 5.82. The third-order valence-corrected chi connectivity index (χ3v) is 2.67. The van der Waals surface area contributed by atoms with Crippen LogP contribution in [0.4, 0.5) is 0 Å². The first-order valence-electron chi connectivity index (χ1n) is 4.74. The van der Waals surface area contributed by atoms with Gasteiger partial charge in [-0.25, -0.2) is 0 Å². The fourth-order valence-corrected chi connectivity index (χ4v) is 1.87. The van der Waals surface area contributed by atoms with Gasteiger partial charge in [0, 0.05) is 0 Å². The predicted octanol–water partition coefficient (Wildman–Crippen LogP) is 3.07. The van der Waals surface area contributed by atoms with Crippen LogP contribution in [0.2, 0.25) is 5.02 Å². The van der Waals surface area contributed by atoms with Crippen LogP contribution < -0.4 is 9.47 Å². The lowest BCUT2D eigenvalue weighted by molar-refractivity contribution is 0.0983. The second-order valence-electron chi connectivity index (χ2n) is 3.08. The molecular weight excluding hydrogens is 247 g/mol. The smallest absolute Gasteiger partial charge is 0.168 e. The third-order valence-electron chi connectivity index (χ3n) is 2.13. The second kappa shape index (κ2) is 6.07. The van der Waals surface area contributed by atoms with Crippen LogP contribution in [0.3, 0.4) is 0 Å². The van der Waals surface area contributed by atoms with Crippen molar-refractivity contribution in [3.8, 4) is 11.5 Å². The highest BCUT2D eigenvalue weighted by molar-refractivity contribution is 7.16. The summed E-state index contributed by atoms with van der Waals surface area (Å²) in [6.45, 7) is 0. The molecule has 0 amide bonds. The van der Waals surface area contributed by atoms with E-state index >= 15 is 0 Å². The lowest BCUT2D eigenvalue weighted by Crippen LogP contribution is -2.06. The van der Waals surface area contributed by atoms with Gasteiger partial charge in [-0.15, -0.1) is 0 Å². The SMILES string of the molecule is COc1ccc(Cl)c(OC)c1C(=O)CC[PH-]. The number of methoxy groups -OCH3 is 2. The quantitative estimate of drug-likeness (QED) is 0.602. The summed E-state index contributed by atoms with van der Waals surface area (Å²) >= 11 is 5.96. The maximum absolute atomic E-state index is 11.9. The Morgan fingerprint density at radius 2 is 2.06 bits per heavy atom. The zero-order valence-corrected chi connectivity index (χ0v) is 10.9. The van der Waals surface area contributed by atoms with Gasteiger partial charge in [-0.2, -0.15) is 6.16 Å². The van der Waals surface area contributed by atoms with Crippen molar-refractivity contribution in [3.05, 3.63) is 22.7 Å². The van der Waals surface area contributed by atoms with E-state index in [4.69, 9.17) is 21.1 Å². The minimum atomic E-state index is -0.0637. The van der Waals surface area contributed by atoms with Crippen LogP contribution >= 0.6 is 20.8 Å². The first kappa shape index (κ1) is 13.3. The molecule has 0 spiro atoms. The molecule has 16 heavy (non-hydrogen) atoms. The van der Waals surface area contributed by atoms with Gasteiger partial charge in [0.1, 0.15) is 11.3 Å². The van der Waals surface area contributed by atoms with Gasteiger partial charge in [0.2, 0.25) is 0 Å². The summed E-state index contributed by atoms with van der Waals surface area (Å²) in [6, 6.07) is 3.30. The lowest BCUT2D eigenvalue weighted by Gasteiger charge is -2.13. The first-order chi connectivity index (χ1) is 7.65. The van der Waals surface area contributed by atoms with Gasteiger partial charge in [0.25, 0.3) is 0 Å². The van der Waals surface area contributed by atoms with E-state index in [1.165, 1.54) is 14.2 Å². The molecule has 5 heteroatoms.